The normalized spacial score (nSPS) is 18.1. The van der Waals surface area contributed by atoms with Gasteiger partial charge in [-0.25, -0.2) is 4.79 Å². The molecule has 184 valence electrons. The van der Waals surface area contributed by atoms with Gasteiger partial charge in [-0.15, -0.1) is 10.2 Å². The minimum atomic E-state index is -1.32. The number of fused-ring (bicyclic) bond motifs is 1. The Hall–Kier alpha value is -4.28. The van der Waals surface area contributed by atoms with E-state index >= 15 is 0 Å². The number of aromatic amines is 1. The molecule has 11 nitrogen and oxygen atoms in total. The van der Waals surface area contributed by atoms with Crippen molar-refractivity contribution < 1.29 is 14.4 Å². The maximum atomic E-state index is 13.7. The SMILES string of the molecule is O=C(Nc1cccc(-c2nn[nH]n2)c1)NC1C(=O)N(CC2CC2)c2ccccc2N(CC2CC2)C1=O. The van der Waals surface area contributed by atoms with E-state index in [2.05, 4.69) is 31.3 Å². The van der Waals surface area contributed by atoms with Gasteiger partial charge in [0.2, 0.25) is 5.82 Å². The number of anilines is 3. The number of hydrogen-bond donors (Lipinski definition) is 3. The third kappa shape index (κ3) is 4.51. The van der Waals surface area contributed by atoms with Gasteiger partial charge in [0.25, 0.3) is 11.8 Å². The van der Waals surface area contributed by atoms with Gasteiger partial charge < -0.3 is 20.4 Å². The number of nitrogens with zero attached hydrogens (tertiary/aromatic N) is 5. The van der Waals surface area contributed by atoms with E-state index in [-0.39, 0.29) is 0 Å². The van der Waals surface area contributed by atoms with Gasteiger partial charge in [-0.2, -0.15) is 5.21 Å². The number of tetrazole rings is 1. The van der Waals surface area contributed by atoms with E-state index in [1.54, 1.807) is 34.1 Å². The van der Waals surface area contributed by atoms with Crippen molar-refractivity contribution in [2.45, 2.75) is 31.7 Å². The lowest BCUT2D eigenvalue weighted by molar-refractivity contribution is -0.129. The number of amides is 4. The lowest BCUT2D eigenvalue weighted by atomic mass is 10.2. The molecule has 0 bridgehead atoms. The van der Waals surface area contributed by atoms with E-state index in [1.807, 2.05) is 24.3 Å². The summed E-state index contributed by atoms with van der Waals surface area (Å²) in [6.45, 7) is 1.07. The molecule has 2 aromatic carbocycles. The zero-order valence-electron chi connectivity index (χ0n) is 19.6. The summed E-state index contributed by atoms with van der Waals surface area (Å²) in [5.74, 6) is 0.392. The number of rotatable bonds is 7. The van der Waals surface area contributed by atoms with Crippen LogP contribution in [0.3, 0.4) is 0 Å². The Bertz CT molecular complexity index is 1250. The van der Waals surface area contributed by atoms with Gasteiger partial charge in [0.15, 0.2) is 6.04 Å². The number of hydrogen-bond acceptors (Lipinski definition) is 6. The third-order valence-electron chi connectivity index (χ3n) is 6.76. The summed E-state index contributed by atoms with van der Waals surface area (Å²) in [5.41, 5.74) is 2.57. The van der Waals surface area contributed by atoms with Crippen LogP contribution in [0.15, 0.2) is 48.5 Å². The molecular weight excluding hydrogens is 460 g/mol. The smallest absolute Gasteiger partial charge is 0.318 e. The molecule has 2 heterocycles. The predicted molar refractivity (Wildman–Crippen MR) is 132 cm³/mol. The standard InChI is InChI=1S/C25H26N8O3/c34-23-21(27-25(36)26-18-5-3-4-17(12-18)22-28-30-31-29-22)24(35)33(14-16-10-11-16)20-7-2-1-6-19(20)32(23)13-15-8-9-15/h1-7,12,15-16,21H,8-11,13-14H2,(H2,26,27,36)(H,28,29,30,31). The Kier molecular flexibility index (Phi) is 5.59. The molecule has 3 aromatic rings. The summed E-state index contributed by atoms with van der Waals surface area (Å²) in [6, 6.07) is 12.5. The van der Waals surface area contributed by atoms with Gasteiger partial charge in [-0.3, -0.25) is 9.59 Å². The highest BCUT2D eigenvalue weighted by molar-refractivity contribution is 6.21. The molecule has 2 fully saturated rings. The number of carbonyl (C=O) groups excluding carboxylic acids is 3. The summed E-state index contributed by atoms with van der Waals surface area (Å²) in [6.07, 6.45) is 4.23. The van der Waals surface area contributed by atoms with Crippen LogP contribution < -0.4 is 20.4 Å². The molecule has 0 saturated heterocycles. The van der Waals surface area contributed by atoms with E-state index in [4.69, 9.17) is 0 Å². The van der Waals surface area contributed by atoms with Crippen molar-refractivity contribution in [2.24, 2.45) is 11.8 Å². The van der Waals surface area contributed by atoms with Crippen LogP contribution in [0.25, 0.3) is 11.4 Å². The summed E-state index contributed by atoms with van der Waals surface area (Å²) < 4.78 is 0. The molecule has 2 aliphatic carbocycles. The number of benzene rings is 2. The fraction of sp³-hybridized carbons (Fsp3) is 0.360. The van der Waals surface area contributed by atoms with Gasteiger partial charge >= 0.3 is 6.03 Å². The minimum absolute atomic E-state index is 0.386. The fourth-order valence-electron chi connectivity index (χ4n) is 4.51. The molecular formula is C25H26N8O3. The molecule has 0 spiro atoms. The molecule has 0 unspecified atom stereocenters. The van der Waals surface area contributed by atoms with Crippen LogP contribution in [0, 0.1) is 11.8 Å². The Morgan fingerprint density at radius 2 is 1.56 bits per heavy atom. The average Bonchev–Trinajstić information content (AvgIpc) is 3.83. The maximum absolute atomic E-state index is 13.7. The van der Waals surface area contributed by atoms with E-state index in [9.17, 15) is 14.4 Å². The van der Waals surface area contributed by atoms with E-state index < -0.39 is 23.9 Å². The number of para-hydroxylation sites is 2. The van der Waals surface area contributed by atoms with Crippen LogP contribution in [-0.4, -0.2) is 57.6 Å². The topological polar surface area (TPSA) is 136 Å². The Morgan fingerprint density at radius 3 is 2.11 bits per heavy atom. The van der Waals surface area contributed by atoms with Crippen LogP contribution in [-0.2, 0) is 9.59 Å². The monoisotopic (exact) mass is 486 g/mol. The van der Waals surface area contributed by atoms with E-state index in [0.717, 1.165) is 37.1 Å². The zero-order valence-corrected chi connectivity index (χ0v) is 19.6. The molecule has 2 saturated carbocycles. The summed E-state index contributed by atoms with van der Waals surface area (Å²) in [4.78, 5) is 43.9. The molecule has 1 aliphatic heterocycles. The molecule has 3 N–H and O–H groups in total. The average molecular weight is 487 g/mol. The highest BCUT2D eigenvalue weighted by Gasteiger charge is 2.43. The molecule has 3 aliphatic rings. The summed E-state index contributed by atoms with van der Waals surface area (Å²) in [7, 11) is 0. The minimum Gasteiger partial charge on any atom is -0.318 e. The van der Waals surface area contributed by atoms with Gasteiger partial charge in [-0.05, 0) is 67.0 Å². The van der Waals surface area contributed by atoms with Crippen LogP contribution in [0.1, 0.15) is 25.7 Å². The van der Waals surface area contributed by atoms with Crippen molar-refractivity contribution in [1.29, 1.82) is 0 Å². The maximum Gasteiger partial charge on any atom is 0.320 e. The van der Waals surface area contributed by atoms with Gasteiger partial charge in [-0.1, -0.05) is 24.3 Å². The van der Waals surface area contributed by atoms with Crippen molar-refractivity contribution in [3.8, 4) is 11.4 Å². The number of urea groups is 1. The molecule has 11 heteroatoms. The van der Waals surface area contributed by atoms with Gasteiger partial charge in [0.05, 0.1) is 11.4 Å². The largest absolute Gasteiger partial charge is 0.320 e. The van der Waals surface area contributed by atoms with E-state index in [1.165, 1.54) is 0 Å². The van der Waals surface area contributed by atoms with Crippen LogP contribution in [0.5, 0.6) is 0 Å². The first kappa shape index (κ1) is 22.2. The lowest BCUT2D eigenvalue weighted by Crippen LogP contribution is -2.56. The van der Waals surface area contributed by atoms with Crippen molar-refractivity contribution in [3.63, 3.8) is 0 Å². The number of nitrogens with one attached hydrogen (secondary N) is 3. The van der Waals surface area contributed by atoms with Crippen molar-refractivity contribution >= 4 is 34.9 Å². The number of aromatic nitrogens is 4. The molecule has 6 rings (SSSR count). The third-order valence-corrected chi connectivity index (χ3v) is 6.76. The van der Waals surface area contributed by atoms with Crippen molar-refractivity contribution in [1.82, 2.24) is 25.9 Å². The molecule has 0 atom stereocenters. The van der Waals surface area contributed by atoms with Crippen LogP contribution in [0.4, 0.5) is 21.9 Å². The fourth-order valence-corrected chi connectivity index (χ4v) is 4.51. The highest BCUT2D eigenvalue weighted by atomic mass is 16.2. The molecule has 1 aromatic heterocycles. The second kappa shape index (κ2) is 9.06. The first-order chi connectivity index (χ1) is 17.6. The number of H-pyrrole nitrogens is 1. The van der Waals surface area contributed by atoms with E-state index in [0.29, 0.717) is 42.0 Å². The zero-order chi connectivity index (χ0) is 24.6. The van der Waals surface area contributed by atoms with Crippen LogP contribution in [0.2, 0.25) is 0 Å². The summed E-state index contributed by atoms with van der Waals surface area (Å²) in [5, 5.41) is 19.2. The van der Waals surface area contributed by atoms with Gasteiger partial charge in [0.1, 0.15) is 0 Å². The number of carbonyl (C=O) groups is 3. The Morgan fingerprint density at radius 1 is 0.917 bits per heavy atom. The van der Waals surface area contributed by atoms with Crippen molar-refractivity contribution in [2.75, 3.05) is 28.2 Å². The Balaban J connectivity index is 1.27. The van der Waals surface area contributed by atoms with Crippen LogP contribution >= 0.6 is 0 Å². The Labute approximate surface area is 207 Å². The summed E-state index contributed by atoms with van der Waals surface area (Å²) >= 11 is 0. The van der Waals surface area contributed by atoms with Gasteiger partial charge in [0, 0.05) is 24.3 Å². The highest BCUT2D eigenvalue weighted by Crippen LogP contribution is 2.40. The first-order valence-electron chi connectivity index (χ1n) is 12.2. The molecule has 36 heavy (non-hydrogen) atoms. The predicted octanol–water partition coefficient (Wildman–Crippen LogP) is 2.56. The quantitative estimate of drug-likeness (QED) is 0.439. The molecule has 4 amide bonds. The second-order valence-corrected chi connectivity index (χ2v) is 9.62. The van der Waals surface area contributed by atoms with Crippen molar-refractivity contribution in [3.05, 3.63) is 48.5 Å². The molecule has 0 radical (unpaired) electrons. The lowest BCUT2D eigenvalue weighted by Gasteiger charge is -2.25. The second-order valence-electron chi connectivity index (χ2n) is 9.62. The first-order valence-corrected chi connectivity index (χ1v) is 12.2.